The van der Waals surface area contributed by atoms with Gasteiger partial charge in [-0.3, -0.25) is 24.0 Å². The predicted molar refractivity (Wildman–Crippen MR) is 166 cm³/mol. The summed E-state index contributed by atoms with van der Waals surface area (Å²) in [6.45, 7) is 1.71. The van der Waals surface area contributed by atoms with Crippen LogP contribution in [-0.2, 0) is 19.2 Å². The molecule has 1 saturated carbocycles. The van der Waals surface area contributed by atoms with Crippen LogP contribution < -0.4 is 16.0 Å². The van der Waals surface area contributed by atoms with Gasteiger partial charge in [-0.25, -0.2) is 0 Å². The molecule has 0 saturated heterocycles. The molecule has 5 amide bonds. The number of halogens is 1. The van der Waals surface area contributed by atoms with Crippen molar-refractivity contribution in [1.82, 2.24) is 30.2 Å². The van der Waals surface area contributed by atoms with E-state index < -0.39 is 29.3 Å². The fraction of sp³-hybridized carbons (Fsp3) is 0.552. The van der Waals surface area contributed by atoms with E-state index in [0.29, 0.717) is 24.3 Å². The van der Waals surface area contributed by atoms with E-state index in [9.17, 15) is 24.0 Å². The number of amides is 5. The van der Waals surface area contributed by atoms with E-state index in [1.165, 1.54) is 50.4 Å². The van der Waals surface area contributed by atoms with Gasteiger partial charge in [0.25, 0.3) is 11.8 Å². The third kappa shape index (κ3) is 7.44. The first-order chi connectivity index (χ1) is 20.3. The van der Waals surface area contributed by atoms with Crippen LogP contribution in [-0.4, -0.2) is 122 Å². The maximum atomic E-state index is 13.6. The van der Waals surface area contributed by atoms with Gasteiger partial charge in [-0.1, -0.05) is 23.4 Å². The Bertz CT molecular complexity index is 1340. The summed E-state index contributed by atoms with van der Waals surface area (Å²) in [6, 6.07) is 3.26. The fourth-order valence-electron chi connectivity index (χ4n) is 5.72. The Kier molecular flexibility index (Phi) is 10.3. The number of anilines is 1. The van der Waals surface area contributed by atoms with Gasteiger partial charge in [0, 0.05) is 88.4 Å². The maximum Gasteiger partial charge on any atom is 0.313 e. The number of likely N-dealkylation sites (N-methyl/N-ethyl adjacent to an activating group) is 2. The largest absolute Gasteiger partial charge is 0.357 e. The molecule has 4 atom stereocenters. The zero-order valence-electron chi connectivity index (χ0n) is 25.4. The normalized spacial score (nSPS) is 23.7. The van der Waals surface area contributed by atoms with Crippen molar-refractivity contribution in [3.05, 3.63) is 39.4 Å². The standard InChI is InChI=1S/C29H40ClN7O5S/c1-34(2)27(41)16-7-9-20(21(13-16)33-26(40)29-37(6)22-11-12-36(5)15-23(22)43-29)32-25(39)24(38)31-19-10-8-17(30)14-18(19)28(42)35(3)4/h8,10,14,16,20-21,29H,7,9,11-13,15H2,1-6H3,(H,31,38)(H,32,39)(H,33,40)/t16-,20-,21+,29?/m0/s1. The number of nitrogens with zero attached hydrogens (tertiary/aromatic N) is 4. The summed E-state index contributed by atoms with van der Waals surface area (Å²) < 4.78 is 0. The second-order valence-corrected chi connectivity index (χ2v) is 13.3. The summed E-state index contributed by atoms with van der Waals surface area (Å²) in [5.41, 5.74) is 1.47. The van der Waals surface area contributed by atoms with Crippen molar-refractivity contribution in [2.75, 3.05) is 60.7 Å². The summed E-state index contributed by atoms with van der Waals surface area (Å²) in [5, 5.41) is 8.24. The molecule has 1 unspecified atom stereocenters. The molecular weight excluding hydrogens is 594 g/mol. The van der Waals surface area contributed by atoms with Crippen molar-refractivity contribution in [3.8, 4) is 0 Å². The highest BCUT2D eigenvalue weighted by Crippen LogP contribution is 2.41. The van der Waals surface area contributed by atoms with Crippen LogP contribution in [0.3, 0.4) is 0 Å². The topological polar surface area (TPSA) is 134 Å². The Balaban J connectivity index is 1.47. The van der Waals surface area contributed by atoms with Crippen molar-refractivity contribution >= 4 is 58.6 Å². The van der Waals surface area contributed by atoms with E-state index in [1.807, 2.05) is 11.9 Å². The lowest BCUT2D eigenvalue weighted by Crippen LogP contribution is -2.58. The highest BCUT2D eigenvalue weighted by atomic mass is 35.5. The first-order valence-corrected chi connectivity index (χ1v) is 15.5. The molecule has 2 aliphatic heterocycles. The number of rotatable bonds is 6. The van der Waals surface area contributed by atoms with E-state index in [4.69, 9.17) is 11.6 Å². The molecule has 43 heavy (non-hydrogen) atoms. The first kappa shape index (κ1) is 32.6. The minimum Gasteiger partial charge on any atom is -0.357 e. The predicted octanol–water partition coefficient (Wildman–Crippen LogP) is 1.39. The fourth-order valence-corrected chi connectivity index (χ4v) is 7.30. The van der Waals surface area contributed by atoms with Gasteiger partial charge in [0.15, 0.2) is 5.37 Å². The van der Waals surface area contributed by atoms with Gasteiger partial charge in [-0.05, 0) is 44.5 Å². The number of carbonyl (C=O) groups excluding carboxylic acids is 5. The number of carbonyl (C=O) groups is 5. The van der Waals surface area contributed by atoms with Crippen LogP contribution in [0.25, 0.3) is 0 Å². The van der Waals surface area contributed by atoms with Crippen LogP contribution in [0.4, 0.5) is 5.69 Å². The van der Waals surface area contributed by atoms with E-state index in [2.05, 4.69) is 27.9 Å². The molecule has 0 spiro atoms. The van der Waals surface area contributed by atoms with Crippen molar-refractivity contribution in [3.63, 3.8) is 0 Å². The van der Waals surface area contributed by atoms with Crippen LogP contribution in [0, 0.1) is 5.92 Å². The van der Waals surface area contributed by atoms with Gasteiger partial charge in [-0.2, -0.15) is 0 Å². The lowest BCUT2D eigenvalue weighted by atomic mass is 9.81. The quantitative estimate of drug-likeness (QED) is 0.400. The molecule has 12 nitrogen and oxygen atoms in total. The third-order valence-electron chi connectivity index (χ3n) is 8.08. The molecule has 0 aromatic heterocycles. The van der Waals surface area contributed by atoms with E-state index in [0.717, 1.165) is 19.5 Å². The monoisotopic (exact) mass is 633 g/mol. The molecule has 1 fully saturated rings. The van der Waals surface area contributed by atoms with Crippen molar-refractivity contribution in [2.45, 2.75) is 43.1 Å². The first-order valence-electron chi connectivity index (χ1n) is 14.2. The molecule has 1 aromatic rings. The smallest absolute Gasteiger partial charge is 0.313 e. The number of thioether (sulfide) groups is 1. The molecule has 3 aliphatic rings. The summed E-state index contributed by atoms with van der Waals surface area (Å²) >= 11 is 7.60. The van der Waals surface area contributed by atoms with Gasteiger partial charge >= 0.3 is 11.8 Å². The van der Waals surface area contributed by atoms with Crippen LogP contribution in [0.2, 0.25) is 5.02 Å². The zero-order chi connectivity index (χ0) is 31.6. The van der Waals surface area contributed by atoms with Gasteiger partial charge in [0.05, 0.1) is 11.3 Å². The minimum atomic E-state index is -0.959. The average molecular weight is 634 g/mol. The Morgan fingerprint density at radius 3 is 2.35 bits per heavy atom. The lowest BCUT2D eigenvalue weighted by molar-refractivity contribution is -0.138. The van der Waals surface area contributed by atoms with Gasteiger partial charge < -0.3 is 35.6 Å². The summed E-state index contributed by atoms with van der Waals surface area (Å²) in [4.78, 5) is 73.4. The van der Waals surface area contributed by atoms with Crippen molar-refractivity contribution < 1.29 is 24.0 Å². The highest BCUT2D eigenvalue weighted by molar-refractivity contribution is 8.04. The molecule has 0 bridgehead atoms. The SMILES string of the molecule is CN1CCC2=C(C1)SC(C(=O)N[C@@H]1C[C@@H](C(=O)N(C)C)CC[C@@H]1NC(=O)C(=O)Nc1ccc(Cl)cc1C(=O)N(C)C)N2C. The van der Waals surface area contributed by atoms with Crippen LogP contribution in [0.15, 0.2) is 28.8 Å². The Morgan fingerprint density at radius 1 is 0.953 bits per heavy atom. The molecule has 4 rings (SSSR count). The van der Waals surface area contributed by atoms with Crippen molar-refractivity contribution in [2.24, 2.45) is 5.92 Å². The second kappa shape index (κ2) is 13.6. The van der Waals surface area contributed by atoms with Crippen LogP contribution >= 0.6 is 23.4 Å². The Morgan fingerprint density at radius 2 is 1.67 bits per heavy atom. The molecule has 2 heterocycles. The molecule has 234 valence electrons. The van der Waals surface area contributed by atoms with Crippen LogP contribution in [0.1, 0.15) is 36.0 Å². The highest BCUT2D eigenvalue weighted by Gasteiger charge is 2.41. The van der Waals surface area contributed by atoms with Gasteiger partial charge in [-0.15, -0.1) is 0 Å². The maximum absolute atomic E-state index is 13.6. The number of hydrogen-bond donors (Lipinski definition) is 3. The zero-order valence-corrected chi connectivity index (χ0v) is 27.0. The number of benzene rings is 1. The molecular formula is C29H40ClN7O5S. The molecule has 14 heteroatoms. The Labute approximate surface area is 261 Å². The average Bonchev–Trinajstić information content (AvgIpc) is 3.28. The molecule has 1 aliphatic carbocycles. The lowest BCUT2D eigenvalue weighted by Gasteiger charge is -2.38. The molecule has 0 radical (unpaired) electrons. The third-order valence-corrected chi connectivity index (χ3v) is 9.72. The van der Waals surface area contributed by atoms with Gasteiger partial charge in [0.2, 0.25) is 5.91 Å². The molecule has 1 aromatic carbocycles. The Hall–Kier alpha value is -3.29. The summed E-state index contributed by atoms with van der Waals surface area (Å²) in [5.74, 6) is -2.84. The molecule has 3 N–H and O–H groups in total. The summed E-state index contributed by atoms with van der Waals surface area (Å²) in [6.07, 6.45) is 2.08. The van der Waals surface area contributed by atoms with Crippen LogP contribution in [0.5, 0.6) is 0 Å². The summed E-state index contributed by atoms with van der Waals surface area (Å²) in [7, 11) is 10.5. The minimum absolute atomic E-state index is 0.0462. The van der Waals surface area contributed by atoms with E-state index in [-0.39, 0.29) is 34.9 Å². The number of nitrogens with one attached hydrogen (secondary N) is 3. The van der Waals surface area contributed by atoms with Crippen molar-refractivity contribution in [1.29, 1.82) is 0 Å². The van der Waals surface area contributed by atoms with Gasteiger partial charge in [0.1, 0.15) is 0 Å². The van der Waals surface area contributed by atoms with E-state index in [1.54, 1.807) is 28.2 Å². The van der Waals surface area contributed by atoms with E-state index >= 15 is 0 Å². The number of hydrogen-bond acceptors (Lipinski definition) is 8. The second-order valence-electron chi connectivity index (χ2n) is 11.7.